The van der Waals surface area contributed by atoms with Crippen LogP contribution in [0.3, 0.4) is 0 Å². The zero-order chi connectivity index (χ0) is 14.1. The van der Waals surface area contributed by atoms with Gasteiger partial charge in [0, 0.05) is 31.4 Å². The summed E-state index contributed by atoms with van der Waals surface area (Å²) < 4.78 is 40.3. The number of rotatable bonds is 3. The van der Waals surface area contributed by atoms with Crippen LogP contribution in [0, 0.1) is 5.92 Å². The van der Waals surface area contributed by atoms with E-state index in [0.29, 0.717) is 25.7 Å². The summed E-state index contributed by atoms with van der Waals surface area (Å²) in [6.07, 6.45) is 2.08. The van der Waals surface area contributed by atoms with E-state index in [0.717, 1.165) is 5.82 Å². The molecule has 1 aliphatic carbocycles. The molecule has 0 aromatic carbocycles. The summed E-state index contributed by atoms with van der Waals surface area (Å²) in [6, 6.07) is 0. The molecule has 1 saturated carbocycles. The molecule has 6 heteroatoms. The Bertz CT molecular complexity index is 427. The van der Waals surface area contributed by atoms with E-state index in [-0.39, 0.29) is 12.8 Å². The van der Waals surface area contributed by atoms with Crippen molar-refractivity contribution < 1.29 is 13.2 Å². The third-order valence-electron chi connectivity index (χ3n) is 4.11. The van der Waals surface area contributed by atoms with Crippen molar-refractivity contribution >= 4 is 0 Å². The molecule has 0 amide bonds. The van der Waals surface area contributed by atoms with Crippen molar-refractivity contribution in [1.82, 2.24) is 9.55 Å². The molecule has 19 heavy (non-hydrogen) atoms. The number of hydrogen-bond acceptors (Lipinski definition) is 2. The van der Waals surface area contributed by atoms with Crippen LogP contribution in [0.25, 0.3) is 0 Å². The molecule has 1 heterocycles. The van der Waals surface area contributed by atoms with Crippen molar-refractivity contribution in [1.29, 1.82) is 0 Å². The van der Waals surface area contributed by atoms with E-state index in [1.807, 2.05) is 17.8 Å². The second-order valence-corrected chi connectivity index (χ2v) is 5.65. The fourth-order valence-corrected chi connectivity index (χ4v) is 2.90. The van der Waals surface area contributed by atoms with Gasteiger partial charge in [-0.2, -0.15) is 13.2 Å². The number of aryl methyl sites for hydroxylation is 2. The molecule has 2 rings (SSSR count). The van der Waals surface area contributed by atoms with Gasteiger partial charge in [0.2, 0.25) is 0 Å². The minimum Gasteiger partial charge on any atom is -0.338 e. The molecule has 3 nitrogen and oxygen atoms in total. The zero-order valence-corrected chi connectivity index (χ0v) is 11.1. The summed E-state index contributed by atoms with van der Waals surface area (Å²) in [6.45, 7) is 0. The van der Waals surface area contributed by atoms with Crippen LogP contribution in [0.2, 0.25) is 0 Å². The van der Waals surface area contributed by atoms with Crippen LogP contribution in [-0.4, -0.2) is 21.3 Å². The summed E-state index contributed by atoms with van der Waals surface area (Å²) in [4.78, 5) is 4.18. The first-order chi connectivity index (χ1) is 8.80. The van der Waals surface area contributed by atoms with Gasteiger partial charge in [0.25, 0.3) is 0 Å². The fraction of sp³-hybridized carbons (Fsp3) is 0.769. The molecule has 0 saturated heterocycles. The number of imidazole rings is 1. The molecule has 108 valence electrons. The van der Waals surface area contributed by atoms with Gasteiger partial charge in [-0.05, 0) is 25.7 Å². The number of aromatic nitrogens is 2. The van der Waals surface area contributed by atoms with Gasteiger partial charge in [0.15, 0.2) is 0 Å². The lowest BCUT2D eigenvalue weighted by atomic mass is 9.73. The monoisotopic (exact) mass is 275 g/mol. The lowest BCUT2D eigenvalue weighted by Crippen LogP contribution is -2.47. The van der Waals surface area contributed by atoms with Crippen LogP contribution in [0.1, 0.15) is 37.9 Å². The van der Waals surface area contributed by atoms with Gasteiger partial charge < -0.3 is 10.3 Å². The first kappa shape index (κ1) is 14.4. The Kier molecular flexibility index (Phi) is 3.90. The normalized spacial score (nSPS) is 28.6. The second kappa shape index (κ2) is 5.15. The Morgan fingerprint density at radius 3 is 2.84 bits per heavy atom. The SMILES string of the molecule is Cn1ccnc1CCC1(N)CCCC(C(F)(F)F)C1. The van der Waals surface area contributed by atoms with Gasteiger partial charge in [-0.3, -0.25) is 0 Å². The highest BCUT2D eigenvalue weighted by atomic mass is 19.4. The lowest BCUT2D eigenvalue weighted by Gasteiger charge is -2.38. The highest BCUT2D eigenvalue weighted by molar-refractivity contribution is 4.98. The van der Waals surface area contributed by atoms with E-state index in [9.17, 15) is 13.2 Å². The summed E-state index contributed by atoms with van der Waals surface area (Å²) in [5.41, 5.74) is 5.47. The smallest absolute Gasteiger partial charge is 0.338 e. The second-order valence-electron chi connectivity index (χ2n) is 5.65. The standard InChI is InChI=1S/C13H20F3N3/c1-19-8-7-18-11(19)4-6-12(17)5-2-3-10(9-12)13(14,15)16/h7-8,10H,2-6,9,17H2,1H3. The maximum Gasteiger partial charge on any atom is 0.391 e. The topological polar surface area (TPSA) is 43.8 Å². The van der Waals surface area contributed by atoms with Gasteiger partial charge in [-0.25, -0.2) is 4.98 Å². The van der Waals surface area contributed by atoms with E-state index < -0.39 is 17.6 Å². The van der Waals surface area contributed by atoms with Crippen LogP contribution in [0.15, 0.2) is 12.4 Å². The van der Waals surface area contributed by atoms with Gasteiger partial charge in [-0.1, -0.05) is 6.42 Å². The predicted octanol–water partition coefficient (Wildman–Crippen LogP) is 2.80. The van der Waals surface area contributed by atoms with Crippen LogP contribution in [0.5, 0.6) is 0 Å². The van der Waals surface area contributed by atoms with Gasteiger partial charge in [0.05, 0.1) is 5.92 Å². The third kappa shape index (κ3) is 3.49. The number of halogens is 3. The largest absolute Gasteiger partial charge is 0.391 e. The number of hydrogen-bond donors (Lipinski definition) is 1. The van der Waals surface area contributed by atoms with Crippen LogP contribution >= 0.6 is 0 Å². The maximum atomic E-state index is 12.8. The Hall–Kier alpha value is -1.04. The van der Waals surface area contributed by atoms with Gasteiger partial charge in [-0.15, -0.1) is 0 Å². The van der Waals surface area contributed by atoms with Crippen molar-refractivity contribution in [3.8, 4) is 0 Å². The molecule has 1 aromatic rings. The summed E-state index contributed by atoms with van der Waals surface area (Å²) in [7, 11) is 1.88. The summed E-state index contributed by atoms with van der Waals surface area (Å²) >= 11 is 0. The lowest BCUT2D eigenvalue weighted by molar-refractivity contribution is -0.187. The van der Waals surface area contributed by atoms with E-state index in [2.05, 4.69) is 4.98 Å². The minimum atomic E-state index is -4.12. The van der Waals surface area contributed by atoms with Gasteiger partial charge in [0.1, 0.15) is 5.82 Å². The molecule has 1 aromatic heterocycles. The van der Waals surface area contributed by atoms with Crippen molar-refractivity contribution in [2.75, 3.05) is 0 Å². The molecular formula is C13H20F3N3. The fourth-order valence-electron chi connectivity index (χ4n) is 2.90. The zero-order valence-electron chi connectivity index (χ0n) is 11.1. The Balaban J connectivity index is 1.96. The highest BCUT2D eigenvalue weighted by Crippen LogP contribution is 2.42. The number of nitrogens with zero attached hydrogens (tertiary/aromatic N) is 2. The Labute approximate surface area is 111 Å². The van der Waals surface area contributed by atoms with E-state index in [4.69, 9.17) is 5.73 Å². The quantitative estimate of drug-likeness (QED) is 0.921. The Morgan fingerprint density at radius 2 is 2.26 bits per heavy atom. The molecular weight excluding hydrogens is 255 g/mol. The Morgan fingerprint density at radius 1 is 1.53 bits per heavy atom. The first-order valence-corrected chi connectivity index (χ1v) is 6.62. The summed E-state index contributed by atoms with van der Waals surface area (Å²) in [5, 5.41) is 0. The molecule has 2 unspecified atom stereocenters. The molecule has 0 aliphatic heterocycles. The average Bonchev–Trinajstić information content (AvgIpc) is 2.71. The van der Waals surface area contributed by atoms with Crippen molar-refractivity contribution in [3.63, 3.8) is 0 Å². The van der Waals surface area contributed by atoms with Crippen molar-refractivity contribution in [3.05, 3.63) is 18.2 Å². The average molecular weight is 275 g/mol. The molecule has 0 spiro atoms. The molecule has 0 radical (unpaired) electrons. The minimum absolute atomic E-state index is 0.0426. The van der Waals surface area contributed by atoms with Crippen LogP contribution in [-0.2, 0) is 13.5 Å². The maximum absolute atomic E-state index is 12.8. The van der Waals surface area contributed by atoms with E-state index in [1.54, 1.807) is 6.20 Å². The molecule has 1 aliphatic rings. The predicted molar refractivity (Wildman–Crippen MR) is 66.5 cm³/mol. The third-order valence-corrected chi connectivity index (χ3v) is 4.11. The highest BCUT2D eigenvalue weighted by Gasteiger charge is 2.45. The van der Waals surface area contributed by atoms with E-state index >= 15 is 0 Å². The van der Waals surface area contributed by atoms with Gasteiger partial charge >= 0.3 is 6.18 Å². The number of nitrogens with two attached hydrogens (primary N) is 1. The van der Waals surface area contributed by atoms with Crippen molar-refractivity contribution in [2.24, 2.45) is 18.7 Å². The summed E-state index contributed by atoms with van der Waals surface area (Å²) in [5.74, 6) is -0.369. The van der Waals surface area contributed by atoms with Crippen molar-refractivity contribution in [2.45, 2.75) is 50.2 Å². The molecule has 2 N–H and O–H groups in total. The van der Waals surface area contributed by atoms with Crippen LogP contribution in [0.4, 0.5) is 13.2 Å². The van der Waals surface area contributed by atoms with E-state index in [1.165, 1.54) is 0 Å². The molecule has 1 fully saturated rings. The molecule has 0 bridgehead atoms. The van der Waals surface area contributed by atoms with Crippen LogP contribution < -0.4 is 5.73 Å². The number of alkyl halides is 3. The molecule has 2 atom stereocenters. The first-order valence-electron chi connectivity index (χ1n) is 6.62.